The van der Waals surface area contributed by atoms with Gasteiger partial charge in [-0.15, -0.1) is 12.3 Å². The number of terminal acetylenes is 1. The molecule has 1 atom stereocenters. The Bertz CT molecular complexity index is 527. The molecule has 0 aromatic heterocycles. The van der Waals surface area contributed by atoms with E-state index in [1.165, 1.54) is 11.3 Å². The van der Waals surface area contributed by atoms with Gasteiger partial charge in [-0.1, -0.05) is 13.8 Å². The van der Waals surface area contributed by atoms with Crippen LogP contribution >= 0.6 is 0 Å². The third-order valence-corrected chi connectivity index (χ3v) is 4.76. The van der Waals surface area contributed by atoms with Gasteiger partial charge in [0.25, 0.3) is 0 Å². The van der Waals surface area contributed by atoms with E-state index in [4.69, 9.17) is 11.2 Å². The minimum atomic E-state index is 0.147. The van der Waals surface area contributed by atoms with E-state index in [2.05, 4.69) is 49.8 Å². The predicted molar refractivity (Wildman–Crippen MR) is 90.1 cm³/mol. The van der Waals surface area contributed by atoms with Gasteiger partial charge in [-0.3, -0.25) is 0 Å². The lowest BCUT2D eigenvalue weighted by Crippen LogP contribution is -2.39. The second kappa shape index (κ2) is 6.43. The van der Waals surface area contributed by atoms with E-state index in [9.17, 15) is 0 Å². The second-order valence-corrected chi connectivity index (χ2v) is 6.36. The van der Waals surface area contributed by atoms with Crippen molar-refractivity contribution in [3.63, 3.8) is 0 Å². The van der Waals surface area contributed by atoms with Crippen molar-refractivity contribution < 1.29 is 4.74 Å². The number of unbranched alkanes of at least 4 members (excludes halogenated alkanes) is 2. The van der Waals surface area contributed by atoms with Gasteiger partial charge >= 0.3 is 0 Å². The van der Waals surface area contributed by atoms with Crippen LogP contribution in [-0.4, -0.2) is 19.2 Å². The summed E-state index contributed by atoms with van der Waals surface area (Å²) < 4.78 is 5.67. The van der Waals surface area contributed by atoms with Crippen molar-refractivity contribution in [2.45, 2.75) is 58.4 Å². The fraction of sp³-hybridized carbons (Fsp3) is 0.579. The highest BCUT2D eigenvalue weighted by Crippen LogP contribution is 2.46. The maximum absolute atomic E-state index is 5.67. The number of hydrogen-bond donors (Lipinski definition) is 0. The summed E-state index contributed by atoms with van der Waals surface area (Å²) in [7, 11) is 0. The molecule has 21 heavy (non-hydrogen) atoms. The van der Waals surface area contributed by atoms with Gasteiger partial charge in [-0.05, 0) is 50.5 Å². The first-order chi connectivity index (χ1) is 10.0. The van der Waals surface area contributed by atoms with Crippen LogP contribution in [0.5, 0.6) is 5.75 Å². The third-order valence-electron chi connectivity index (χ3n) is 4.76. The molecular weight excluding hydrogens is 258 g/mol. The molecule has 1 heterocycles. The number of ether oxygens (including phenoxy) is 1. The van der Waals surface area contributed by atoms with Gasteiger partial charge < -0.3 is 9.64 Å². The molecule has 0 amide bonds. The van der Waals surface area contributed by atoms with Gasteiger partial charge in [0.1, 0.15) is 5.75 Å². The molecule has 0 aliphatic carbocycles. The lowest BCUT2D eigenvalue weighted by Gasteiger charge is -2.31. The van der Waals surface area contributed by atoms with Gasteiger partial charge in [0.15, 0.2) is 0 Å². The molecule has 0 saturated carbocycles. The highest BCUT2D eigenvalue weighted by Gasteiger charge is 2.41. The van der Waals surface area contributed by atoms with Crippen LogP contribution in [0.4, 0.5) is 5.69 Å². The summed E-state index contributed by atoms with van der Waals surface area (Å²) in [4.78, 5) is 2.53. The Labute approximate surface area is 129 Å². The van der Waals surface area contributed by atoms with E-state index in [0.717, 1.165) is 31.6 Å². The molecule has 0 bridgehead atoms. The molecule has 0 spiro atoms. The molecule has 0 radical (unpaired) electrons. The van der Waals surface area contributed by atoms with E-state index < -0.39 is 0 Å². The van der Waals surface area contributed by atoms with Crippen molar-refractivity contribution in [1.82, 2.24) is 0 Å². The molecule has 1 aromatic rings. The predicted octanol–water partition coefficient (Wildman–Crippen LogP) is 4.37. The smallest absolute Gasteiger partial charge is 0.119 e. The maximum atomic E-state index is 5.67. The molecule has 0 fully saturated rings. The van der Waals surface area contributed by atoms with Crippen molar-refractivity contribution >= 4 is 5.69 Å². The molecule has 2 nitrogen and oxygen atoms in total. The van der Waals surface area contributed by atoms with Crippen molar-refractivity contribution in [2.24, 2.45) is 0 Å². The fourth-order valence-corrected chi connectivity index (χ4v) is 3.18. The van der Waals surface area contributed by atoms with Gasteiger partial charge in [0.05, 0.1) is 6.61 Å². The number of nitrogens with zero attached hydrogens (tertiary/aromatic N) is 1. The third kappa shape index (κ3) is 3.02. The molecular formula is C19H27NO. The zero-order chi connectivity index (χ0) is 15.5. The van der Waals surface area contributed by atoms with Gasteiger partial charge in [0.2, 0.25) is 0 Å². The minimum absolute atomic E-state index is 0.147. The molecule has 1 unspecified atom stereocenters. The lowest BCUT2D eigenvalue weighted by atomic mass is 9.81. The van der Waals surface area contributed by atoms with Gasteiger partial charge in [-0.25, -0.2) is 0 Å². The molecule has 0 saturated heterocycles. The van der Waals surface area contributed by atoms with E-state index in [0.29, 0.717) is 12.6 Å². The highest BCUT2D eigenvalue weighted by atomic mass is 16.5. The van der Waals surface area contributed by atoms with Gasteiger partial charge in [0, 0.05) is 30.1 Å². The molecule has 1 aliphatic heterocycles. The van der Waals surface area contributed by atoms with Crippen LogP contribution in [0.25, 0.3) is 0 Å². The number of rotatable bonds is 6. The van der Waals surface area contributed by atoms with Crippen molar-refractivity contribution in [2.75, 3.05) is 18.1 Å². The van der Waals surface area contributed by atoms with Crippen LogP contribution in [0.2, 0.25) is 0 Å². The topological polar surface area (TPSA) is 12.5 Å². The van der Waals surface area contributed by atoms with Crippen LogP contribution in [0.3, 0.4) is 0 Å². The Kier molecular flexibility index (Phi) is 4.83. The summed E-state index contributed by atoms with van der Waals surface area (Å²) in [6, 6.07) is 7.02. The SMILES string of the molecule is C#CCCCCN1c2ccc(OCC)cc2C(C)(C)C1C. The minimum Gasteiger partial charge on any atom is -0.494 e. The second-order valence-electron chi connectivity index (χ2n) is 6.36. The largest absolute Gasteiger partial charge is 0.494 e. The standard InChI is InChI=1S/C19H27NO/c1-6-8-9-10-13-20-15(3)19(4,5)17-14-16(21-7-2)11-12-18(17)20/h1,11-12,14-15H,7-10,13H2,2-5H3. The van der Waals surface area contributed by atoms with Crippen LogP contribution in [-0.2, 0) is 5.41 Å². The summed E-state index contributed by atoms with van der Waals surface area (Å²) in [6.45, 7) is 10.8. The van der Waals surface area contributed by atoms with E-state index in [1.54, 1.807) is 0 Å². The van der Waals surface area contributed by atoms with Crippen molar-refractivity contribution in [3.8, 4) is 18.1 Å². The number of fused-ring (bicyclic) bond motifs is 1. The van der Waals surface area contributed by atoms with Crippen LogP contribution in [0.1, 0.15) is 52.5 Å². The summed E-state index contributed by atoms with van der Waals surface area (Å²) in [6.07, 6.45) is 8.47. The quantitative estimate of drug-likeness (QED) is 0.568. The zero-order valence-electron chi connectivity index (χ0n) is 13.8. The van der Waals surface area contributed by atoms with Gasteiger partial charge in [-0.2, -0.15) is 0 Å². The molecule has 114 valence electrons. The average Bonchev–Trinajstić information content (AvgIpc) is 2.65. The first-order valence-corrected chi connectivity index (χ1v) is 7.99. The first kappa shape index (κ1) is 15.8. The Hall–Kier alpha value is -1.62. The maximum Gasteiger partial charge on any atom is 0.119 e. The highest BCUT2D eigenvalue weighted by molar-refractivity contribution is 5.65. The zero-order valence-corrected chi connectivity index (χ0v) is 13.8. The normalized spacial score (nSPS) is 19.2. The van der Waals surface area contributed by atoms with Crippen LogP contribution < -0.4 is 9.64 Å². The summed E-state index contributed by atoms with van der Waals surface area (Å²) in [5.41, 5.74) is 2.91. The van der Waals surface area contributed by atoms with Crippen molar-refractivity contribution in [3.05, 3.63) is 23.8 Å². The summed E-state index contributed by atoms with van der Waals surface area (Å²) in [5, 5.41) is 0. The summed E-state index contributed by atoms with van der Waals surface area (Å²) in [5.74, 6) is 3.70. The molecule has 2 heteroatoms. The molecule has 2 rings (SSSR count). The first-order valence-electron chi connectivity index (χ1n) is 7.99. The Balaban J connectivity index is 2.21. The number of benzene rings is 1. The Morgan fingerprint density at radius 2 is 2.10 bits per heavy atom. The molecule has 1 aromatic carbocycles. The van der Waals surface area contributed by atoms with E-state index in [1.807, 2.05) is 6.92 Å². The van der Waals surface area contributed by atoms with Crippen LogP contribution in [0, 0.1) is 12.3 Å². The Morgan fingerprint density at radius 1 is 1.33 bits per heavy atom. The number of anilines is 1. The molecule has 1 aliphatic rings. The molecule has 0 N–H and O–H groups in total. The van der Waals surface area contributed by atoms with E-state index >= 15 is 0 Å². The van der Waals surface area contributed by atoms with Crippen molar-refractivity contribution in [1.29, 1.82) is 0 Å². The summed E-state index contributed by atoms with van der Waals surface area (Å²) >= 11 is 0. The number of hydrogen-bond acceptors (Lipinski definition) is 2. The Morgan fingerprint density at radius 3 is 2.76 bits per heavy atom. The monoisotopic (exact) mass is 285 g/mol. The fourth-order valence-electron chi connectivity index (χ4n) is 3.18. The average molecular weight is 285 g/mol. The van der Waals surface area contributed by atoms with Crippen LogP contribution in [0.15, 0.2) is 18.2 Å². The van der Waals surface area contributed by atoms with E-state index in [-0.39, 0.29) is 5.41 Å². The lowest BCUT2D eigenvalue weighted by molar-refractivity contribution is 0.339.